The second-order valence-electron chi connectivity index (χ2n) is 7.15. The Morgan fingerprint density at radius 1 is 1.39 bits per heavy atom. The number of pyridine rings is 1. The predicted octanol–water partition coefficient (Wildman–Crippen LogP) is 2.45. The third-order valence-electron chi connectivity index (χ3n) is 5.18. The third kappa shape index (κ3) is 3.71. The lowest BCUT2D eigenvalue weighted by Crippen LogP contribution is -2.44. The number of nitrogens with two attached hydrogens (primary N) is 1. The maximum absolute atomic E-state index is 13.2. The van der Waals surface area contributed by atoms with Crippen LogP contribution in [-0.2, 0) is 19.5 Å². The van der Waals surface area contributed by atoms with Crippen molar-refractivity contribution in [3.63, 3.8) is 0 Å². The van der Waals surface area contributed by atoms with Crippen LogP contribution < -0.4 is 16.2 Å². The normalized spacial score (nSPS) is 16.9. The van der Waals surface area contributed by atoms with E-state index >= 15 is 0 Å². The van der Waals surface area contributed by atoms with Crippen molar-refractivity contribution in [3.05, 3.63) is 45.0 Å². The van der Waals surface area contributed by atoms with Crippen LogP contribution in [0.15, 0.2) is 34.6 Å². The number of aromatic nitrogens is 3. The van der Waals surface area contributed by atoms with Crippen LogP contribution in [0.2, 0.25) is 0 Å². The number of aryl methyl sites for hydroxylation is 2. The van der Waals surface area contributed by atoms with Crippen molar-refractivity contribution in [1.29, 1.82) is 0 Å². The van der Waals surface area contributed by atoms with Gasteiger partial charge in [0.2, 0.25) is 5.95 Å². The van der Waals surface area contributed by atoms with Crippen LogP contribution >= 0.6 is 11.3 Å². The van der Waals surface area contributed by atoms with Crippen LogP contribution in [0.4, 0.5) is 5.95 Å². The number of imidazole rings is 1. The summed E-state index contributed by atoms with van der Waals surface area (Å²) in [5.41, 5.74) is 7.52. The Labute approximate surface area is 168 Å². The van der Waals surface area contributed by atoms with E-state index in [1.807, 2.05) is 29.8 Å². The molecular weight excluding hydrogens is 370 g/mol. The predicted molar refractivity (Wildman–Crippen MR) is 115 cm³/mol. The molecule has 1 aliphatic rings. The molecule has 0 bridgehead atoms. The summed E-state index contributed by atoms with van der Waals surface area (Å²) in [7, 11) is 0. The Hall–Kier alpha value is -2.56. The average molecular weight is 396 g/mol. The first kappa shape index (κ1) is 18.8. The average Bonchev–Trinajstić information content (AvgIpc) is 3.34. The fourth-order valence-electron chi connectivity index (χ4n) is 3.77. The van der Waals surface area contributed by atoms with E-state index in [4.69, 9.17) is 10.7 Å². The van der Waals surface area contributed by atoms with E-state index in [1.54, 1.807) is 15.9 Å². The molecule has 1 atom stereocenters. The van der Waals surface area contributed by atoms with Crippen LogP contribution in [0.25, 0.3) is 11.0 Å². The van der Waals surface area contributed by atoms with Gasteiger partial charge in [-0.05, 0) is 43.7 Å². The Morgan fingerprint density at radius 3 is 3.04 bits per heavy atom. The monoisotopic (exact) mass is 395 g/mol. The molecular formula is C21H25N5OS. The van der Waals surface area contributed by atoms with Gasteiger partial charge in [-0.15, -0.1) is 17.3 Å². The summed E-state index contributed by atoms with van der Waals surface area (Å²) in [6, 6.07) is 6.23. The summed E-state index contributed by atoms with van der Waals surface area (Å²) in [5, 5.41) is 2.06. The van der Waals surface area contributed by atoms with Gasteiger partial charge in [-0.2, -0.15) is 0 Å². The zero-order chi connectivity index (χ0) is 19.5. The van der Waals surface area contributed by atoms with E-state index in [1.165, 1.54) is 4.88 Å². The number of nitrogens with zero attached hydrogens (tertiary/aromatic N) is 4. The van der Waals surface area contributed by atoms with Crippen LogP contribution in [0, 0.1) is 11.8 Å². The first-order chi connectivity index (χ1) is 13.7. The van der Waals surface area contributed by atoms with Crippen LogP contribution in [0.1, 0.15) is 24.6 Å². The Morgan fingerprint density at radius 2 is 2.29 bits per heavy atom. The minimum Gasteiger partial charge on any atom is -0.341 e. The summed E-state index contributed by atoms with van der Waals surface area (Å²) < 4.78 is 3.75. The van der Waals surface area contributed by atoms with Crippen molar-refractivity contribution >= 4 is 28.3 Å². The maximum Gasteiger partial charge on any atom is 0.276 e. The van der Waals surface area contributed by atoms with Gasteiger partial charge in [0.25, 0.3) is 5.56 Å². The van der Waals surface area contributed by atoms with Gasteiger partial charge in [-0.3, -0.25) is 9.36 Å². The molecule has 1 aliphatic heterocycles. The highest BCUT2D eigenvalue weighted by molar-refractivity contribution is 7.09. The smallest absolute Gasteiger partial charge is 0.276 e. The van der Waals surface area contributed by atoms with Gasteiger partial charge in [-0.25, -0.2) is 4.98 Å². The molecule has 0 aromatic carbocycles. The minimum atomic E-state index is -0.00739. The molecule has 7 heteroatoms. The molecule has 0 saturated carbocycles. The van der Waals surface area contributed by atoms with E-state index in [0.29, 0.717) is 18.6 Å². The highest BCUT2D eigenvalue weighted by Gasteiger charge is 2.23. The standard InChI is InChI=1S/C21H25N5OS/c1-2-3-11-26-19-18(23-21(26)25-10-4-6-16(22)15-25)9-13-24(20(19)27)12-8-17-7-5-14-28-17/h5,7,9,13-14,16H,4,6,8,10-12,15,22H2,1H3. The fraction of sp³-hybridized carbons (Fsp3) is 0.429. The molecule has 1 fully saturated rings. The molecule has 4 heterocycles. The quantitative estimate of drug-likeness (QED) is 0.674. The second-order valence-corrected chi connectivity index (χ2v) is 8.18. The molecule has 6 nitrogen and oxygen atoms in total. The third-order valence-corrected chi connectivity index (χ3v) is 6.12. The topological polar surface area (TPSA) is 69.1 Å². The van der Waals surface area contributed by atoms with Crippen molar-refractivity contribution in [1.82, 2.24) is 14.1 Å². The Kier molecular flexibility index (Phi) is 5.51. The summed E-state index contributed by atoms with van der Waals surface area (Å²) >= 11 is 1.72. The van der Waals surface area contributed by atoms with E-state index < -0.39 is 0 Å². The van der Waals surface area contributed by atoms with Crippen LogP contribution in [0.3, 0.4) is 0 Å². The summed E-state index contributed by atoms with van der Waals surface area (Å²) in [6.45, 7) is 4.59. The van der Waals surface area contributed by atoms with Gasteiger partial charge in [0.1, 0.15) is 5.52 Å². The fourth-order valence-corrected chi connectivity index (χ4v) is 4.47. The Bertz CT molecular complexity index is 1070. The number of anilines is 1. The molecule has 0 spiro atoms. The maximum atomic E-state index is 13.2. The number of hydrogen-bond donors (Lipinski definition) is 1. The number of rotatable bonds is 5. The van der Waals surface area contributed by atoms with Gasteiger partial charge >= 0.3 is 0 Å². The minimum absolute atomic E-state index is 0.00739. The molecule has 28 heavy (non-hydrogen) atoms. The molecule has 0 amide bonds. The van der Waals surface area contributed by atoms with Crippen molar-refractivity contribution in [2.75, 3.05) is 18.0 Å². The van der Waals surface area contributed by atoms with E-state index in [-0.39, 0.29) is 11.6 Å². The molecule has 1 saturated heterocycles. The molecule has 0 aliphatic carbocycles. The molecule has 146 valence electrons. The van der Waals surface area contributed by atoms with Crippen molar-refractivity contribution in [2.45, 2.75) is 45.3 Å². The lowest BCUT2D eigenvalue weighted by molar-refractivity contribution is 0.496. The SMILES string of the molecule is CC#CCn1c(N2CCCC(N)C2)nc2ccn(CCc3cccs3)c(=O)c21. The van der Waals surface area contributed by atoms with Gasteiger partial charge in [-0.1, -0.05) is 12.0 Å². The van der Waals surface area contributed by atoms with Crippen molar-refractivity contribution in [2.24, 2.45) is 5.73 Å². The molecule has 0 radical (unpaired) electrons. The molecule has 3 aromatic rings. The van der Waals surface area contributed by atoms with Crippen molar-refractivity contribution < 1.29 is 0 Å². The highest BCUT2D eigenvalue weighted by Crippen LogP contribution is 2.23. The number of hydrogen-bond acceptors (Lipinski definition) is 5. The van der Waals surface area contributed by atoms with E-state index in [2.05, 4.69) is 28.2 Å². The van der Waals surface area contributed by atoms with Gasteiger partial charge in [0.15, 0.2) is 0 Å². The molecule has 4 rings (SSSR count). The highest BCUT2D eigenvalue weighted by atomic mass is 32.1. The molecule has 1 unspecified atom stereocenters. The Balaban J connectivity index is 1.74. The van der Waals surface area contributed by atoms with E-state index in [0.717, 1.165) is 43.8 Å². The summed E-state index contributed by atoms with van der Waals surface area (Å²) in [6.07, 6.45) is 4.77. The number of piperidine rings is 1. The first-order valence-corrected chi connectivity index (χ1v) is 10.6. The molecule has 3 aromatic heterocycles. The number of thiophene rings is 1. The van der Waals surface area contributed by atoms with Gasteiger partial charge in [0, 0.05) is 36.8 Å². The van der Waals surface area contributed by atoms with Gasteiger partial charge in [0.05, 0.1) is 12.1 Å². The van der Waals surface area contributed by atoms with Crippen LogP contribution in [0.5, 0.6) is 0 Å². The lowest BCUT2D eigenvalue weighted by atomic mass is 10.1. The summed E-state index contributed by atoms with van der Waals surface area (Å²) in [4.78, 5) is 21.5. The van der Waals surface area contributed by atoms with Crippen molar-refractivity contribution in [3.8, 4) is 11.8 Å². The zero-order valence-corrected chi connectivity index (χ0v) is 16.9. The molecule has 2 N–H and O–H groups in total. The first-order valence-electron chi connectivity index (χ1n) is 9.69. The van der Waals surface area contributed by atoms with Gasteiger partial charge < -0.3 is 15.2 Å². The van der Waals surface area contributed by atoms with Crippen LogP contribution in [-0.4, -0.2) is 33.2 Å². The second kappa shape index (κ2) is 8.21. The van der Waals surface area contributed by atoms with E-state index in [9.17, 15) is 4.79 Å². The largest absolute Gasteiger partial charge is 0.341 e. The zero-order valence-electron chi connectivity index (χ0n) is 16.1. The number of fused-ring (bicyclic) bond motifs is 1. The summed E-state index contributed by atoms with van der Waals surface area (Å²) in [5.74, 6) is 6.85. The lowest BCUT2D eigenvalue weighted by Gasteiger charge is -2.31.